The molecule has 1 aromatic carbocycles. The molecule has 1 aromatic heterocycles. The van der Waals surface area contributed by atoms with Gasteiger partial charge in [-0.2, -0.15) is 4.99 Å². The Morgan fingerprint density at radius 3 is 2.69 bits per heavy atom. The van der Waals surface area contributed by atoms with Gasteiger partial charge in [0.25, 0.3) is 5.91 Å². The van der Waals surface area contributed by atoms with Crippen LogP contribution in [-0.4, -0.2) is 47.2 Å². The van der Waals surface area contributed by atoms with Crippen LogP contribution in [0.2, 0.25) is 0 Å². The van der Waals surface area contributed by atoms with Crippen molar-refractivity contribution in [3.05, 3.63) is 58.3 Å². The molecule has 1 amide bonds. The number of thioether (sulfide) groups is 1. The van der Waals surface area contributed by atoms with Crippen LogP contribution in [0.25, 0.3) is 0 Å². The van der Waals surface area contributed by atoms with Crippen molar-refractivity contribution in [2.45, 2.75) is 24.3 Å². The highest BCUT2D eigenvalue weighted by Crippen LogP contribution is 2.39. The third-order valence-electron chi connectivity index (χ3n) is 4.50. The molecule has 2 atom stereocenters. The summed E-state index contributed by atoms with van der Waals surface area (Å²) in [6.07, 6.45) is 0.286. The summed E-state index contributed by atoms with van der Waals surface area (Å²) in [6, 6.07) is 13.6. The molecule has 2 aliphatic heterocycles. The fraction of sp³-hybridized carbons (Fsp3) is 0.333. The molecule has 0 spiro atoms. The summed E-state index contributed by atoms with van der Waals surface area (Å²) in [5.74, 6) is 0.109. The van der Waals surface area contributed by atoms with Crippen LogP contribution in [0, 0.1) is 0 Å². The minimum Gasteiger partial charge on any atom is -0.342 e. The fourth-order valence-electron chi connectivity index (χ4n) is 3.31. The first-order valence-corrected chi connectivity index (χ1v) is 11.9. The Kier molecular flexibility index (Phi) is 4.90. The van der Waals surface area contributed by atoms with Gasteiger partial charge in [0.2, 0.25) is 0 Å². The second-order valence-corrected chi connectivity index (χ2v) is 10.9. The Labute approximate surface area is 161 Å². The number of carbonyl (C=O) groups excluding carboxylic acids is 1. The van der Waals surface area contributed by atoms with Crippen LogP contribution in [0.15, 0.2) is 52.8 Å². The molecule has 26 heavy (non-hydrogen) atoms. The van der Waals surface area contributed by atoms with E-state index in [1.807, 2.05) is 52.7 Å². The maximum Gasteiger partial charge on any atom is 0.253 e. The number of thiophene rings is 1. The van der Waals surface area contributed by atoms with Gasteiger partial charge in [0.1, 0.15) is 0 Å². The molecule has 136 valence electrons. The summed E-state index contributed by atoms with van der Waals surface area (Å²) in [4.78, 5) is 19.7. The largest absolute Gasteiger partial charge is 0.342 e. The number of sulfone groups is 1. The number of amidine groups is 1. The van der Waals surface area contributed by atoms with E-state index in [0.717, 1.165) is 10.4 Å². The zero-order chi connectivity index (χ0) is 18.1. The molecular weight excluding hydrogens is 388 g/mol. The molecule has 0 bridgehead atoms. The van der Waals surface area contributed by atoms with Gasteiger partial charge in [0.15, 0.2) is 15.0 Å². The zero-order valence-electron chi connectivity index (χ0n) is 13.9. The van der Waals surface area contributed by atoms with Crippen LogP contribution in [0.1, 0.15) is 10.4 Å². The minimum absolute atomic E-state index is 0.0444. The molecule has 4 rings (SSSR count). The number of hydrogen-bond donors (Lipinski definition) is 0. The van der Waals surface area contributed by atoms with Crippen LogP contribution >= 0.6 is 23.1 Å². The highest BCUT2D eigenvalue weighted by atomic mass is 32.2. The van der Waals surface area contributed by atoms with Crippen molar-refractivity contribution in [1.82, 2.24) is 4.90 Å². The molecule has 0 N–H and O–H groups in total. The molecule has 0 aliphatic carbocycles. The zero-order valence-corrected chi connectivity index (χ0v) is 16.4. The molecule has 0 saturated carbocycles. The predicted molar refractivity (Wildman–Crippen MR) is 106 cm³/mol. The summed E-state index contributed by atoms with van der Waals surface area (Å²) < 4.78 is 24.1. The molecule has 5 nitrogen and oxygen atoms in total. The fourth-order valence-corrected chi connectivity index (χ4v) is 7.97. The van der Waals surface area contributed by atoms with Crippen molar-refractivity contribution < 1.29 is 13.2 Å². The molecule has 0 radical (unpaired) electrons. The van der Waals surface area contributed by atoms with Crippen molar-refractivity contribution >= 4 is 44.0 Å². The lowest BCUT2D eigenvalue weighted by atomic mass is 10.1. The van der Waals surface area contributed by atoms with E-state index in [2.05, 4.69) is 4.99 Å². The van der Waals surface area contributed by atoms with Gasteiger partial charge in [0, 0.05) is 16.7 Å². The summed E-state index contributed by atoms with van der Waals surface area (Å²) in [5.41, 5.74) is 1.08. The number of aliphatic imine (C=N–C) groups is 1. The van der Waals surface area contributed by atoms with Crippen LogP contribution in [0.4, 0.5) is 0 Å². The molecule has 3 heterocycles. The van der Waals surface area contributed by atoms with Crippen molar-refractivity contribution in [1.29, 1.82) is 0 Å². The van der Waals surface area contributed by atoms with Gasteiger partial charge in [-0.25, -0.2) is 8.42 Å². The molecule has 2 aromatic rings. The van der Waals surface area contributed by atoms with E-state index in [1.165, 1.54) is 23.1 Å². The summed E-state index contributed by atoms with van der Waals surface area (Å²) in [7, 11) is -3.02. The smallest absolute Gasteiger partial charge is 0.253 e. The van der Waals surface area contributed by atoms with Crippen molar-refractivity contribution in [3.63, 3.8) is 0 Å². The molecule has 2 saturated heterocycles. The molecular formula is C18H18N2O3S3. The van der Waals surface area contributed by atoms with E-state index in [1.54, 1.807) is 0 Å². The van der Waals surface area contributed by atoms with Gasteiger partial charge in [0.05, 0.1) is 24.0 Å². The monoisotopic (exact) mass is 406 g/mol. The normalized spacial score (nSPS) is 25.5. The van der Waals surface area contributed by atoms with E-state index in [-0.39, 0.29) is 35.1 Å². The standard InChI is InChI=1S/C18H18N2O3S3/c21-17(9-14-7-4-8-24-14)19-18-20(10-13-5-2-1-3-6-13)15-11-26(22,23)12-16(15)25-18/h1-8,15-16H,9-12H2/t15-,16+/m0/s1. The van der Waals surface area contributed by atoms with E-state index in [0.29, 0.717) is 11.7 Å². The van der Waals surface area contributed by atoms with Gasteiger partial charge in [-0.1, -0.05) is 48.2 Å². The number of hydrogen-bond acceptors (Lipinski definition) is 5. The third kappa shape index (κ3) is 3.87. The van der Waals surface area contributed by atoms with Crippen molar-refractivity contribution in [2.75, 3.05) is 11.5 Å². The number of carbonyl (C=O) groups is 1. The number of amides is 1. The lowest BCUT2D eigenvalue weighted by Crippen LogP contribution is -2.37. The highest BCUT2D eigenvalue weighted by molar-refractivity contribution is 8.15. The van der Waals surface area contributed by atoms with Gasteiger partial charge >= 0.3 is 0 Å². The number of benzene rings is 1. The molecule has 2 aliphatic rings. The van der Waals surface area contributed by atoms with Gasteiger partial charge in [-0.3, -0.25) is 4.79 Å². The van der Waals surface area contributed by atoms with Gasteiger partial charge < -0.3 is 4.90 Å². The Bertz CT molecular complexity index is 924. The average molecular weight is 407 g/mol. The first-order valence-electron chi connectivity index (χ1n) is 8.32. The molecule has 8 heteroatoms. The number of fused-ring (bicyclic) bond motifs is 1. The third-order valence-corrected chi connectivity index (χ3v) is 8.62. The first-order chi connectivity index (χ1) is 12.5. The van der Waals surface area contributed by atoms with Crippen molar-refractivity contribution in [3.8, 4) is 0 Å². The summed E-state index contributed by atoms with van der Waals surface area (Å²) in [5, 5.41) is 2.55. The van der Waals surface area contributed by atoms with Crippen molar-refractivity contribution in [2.24, 2.45) is 4.99 Å². The maximum atomic E-state index is 12.4. The Morgan fingerprint density at radius 1 is 1.15 bits per heavy atom. The lowest BCUT2D eigenvalue weighted by Gasteiger charge is -2.24. The van der Waals surface area contributed by atoms with Crippen LogP contribution in [0.5, 0.6) is 0 Å². The van der Waals surface area contributed by atoms with E-state index < -0.39 is 9.84 Å². The van der Waals surface area contributed by atoms with E-state index >= 15 is 0 Å². The second kappa shape index (κ2) is 7.17. The highest BCUT2D eigenvalue weighted by Gasteiger charge is 2.48. The summed E-state index contributed by atoms with van der Waals surface area (Å²) >= 11 is 2.97. The maximum absolute atomic E-state index is 12.4. The average Bonchev–Trinajstić information content (AvgIpc) is 3.26. The lowest BCUT2D eigenvalue weighted by molar-refractivity contribution is -0.117. The Balaban J connectivity index is 1.58. The Morgan fingerprint density at radius 2 is 1.96 bits per heavy atom. The molecule has 2 fully saturated rings. The minimum atomic E-state index is -3.02. The van der Waals surface area contributed by atoms with Crippen LogP contribution < -0.4 is 0 Å². The predicted octanol–water partition coefficient (Wildman–Crippen LogP) is 2.59. The van der Waals surface area contributed by atoms with Crippen LogP contribution in [-0.2, 0) is 27.6 Å². The number of nitrogens with zero attached hydrogens (tertiary/aromatic N) is 2. The van der Waals surface area contributed by atoms with Gasteiger partial charge in [-0.15, -0.1) is 11.3 Å². The Hall–Kier alpha value is -1.64. The first kappa shape index (κ1) is 17.8. The second-order valence-electron chi connectivity index (χ2n) is 6.46. The SMILES string of the molecule is O=C(Cc1cccs1)N=C1S[C@@H]2CS(=O)(=O)C[C@@H]2N1Cc1ccccc1. The van der Waals surface area contributed by atoms with Gasteiger partial charge in [-0.05, 0) is 17.0 Å². The van der Waals surface area contributed by atoms with E-state index in [9.17, 15) is 13.2 Å². The topological polar surface area (TPSA) is 66.8 Å². The van der Waals surface area contributed by atoms with E-state index in [4.69, 9.17) is 0 Å². The molecule has 0 unspecified atom stereocenters. The quantitative estimate of drug-likeness (QED) is 0.781. The van der Waals surface area contributed by atoms with Crippen LogP contribution in [0.3, 0.4) is 0 Å². The number of rotatable bonds is 4. The summed E-state index contributed by atoms with van der Waals surface area (Å²) in [6.45, 7) is 0.565.